The molecule has 7 nitrogen and oxygen atoms in total. The molecule has 134 valence electrons. The second-order valence-electron chi connectivity index (χ2n) is 6.08. The van der Waals surface area contributed by atoms with Crippen LogP contribution in [0.25, 0.3) is 10.2 Å². The summed E-state index contributed by atoms with van der Waals surface area (Å²) >= 11 is 1.61. The lowest BCUT2D eigenvalue weighted by Crippen LogP contribution is -3.12. The number of amides is 1. The molecule has 2 atom stereocenters. The smallest absolute Gasteiger partial charge is 0.292 e. The van der Waals surface area contributed by atoms with Crippen molar-refractivity contribution in [3.63, 3.8) is 0 Å². The standard InChI is InChI=1S/C18H18N4O3S/c1-12(18(23)20-13-7-3-5-9-15(13)22(24)25)21(2)11-17-19-14-8-4-6-10-16(14)26-17/h3-10,12H,11H2,1-2H3,(H,20,23)/p+1/t12-/m0/s1. The Morgan fingerprint density at radius 3 is 2.69 bits per heavy atom. The average molecular weight is 371 g/mol. The summed E-state index contributed by atoms with van der Waals surface area (Å²) in [6, 6.07) is 13.7. The third-order valence-electron chi connectivity index (χ3n) is 4.26. The molecule has 1 amide bonds. The first-order valence-electron chi connectivity index (χ1n) is 8.16. The number of quaternary nitrogens is 1. The number of rotatable bonds is 6. The largest absolute Gasteiger partial charge is 0.322 e. The Morgan fingerprint density at radius 1 is 1.27 bits per heavy atom. The maximum atomic E-state index is 12.5. The molecule has 2 aromatic carbocycles. The number of hydrogen-bond donors (Lipinski definition) is 2. The Bertz CT molecular complexity index is 923. The zero-order valence-corrected chi connectivity index (χ0v) is 15.2. The number of fused-ring (bicyclic) bond motifs is 1. The van der Waals surface area contributed by atoms with Crippen LogP contribution in [-0.2, 0) is 11.3 Å². The van der Waals surface area contributed by atoms with E-state index in [4.69, 9.17) is 0 Å². The van der Waals surface area contributed by atoms with Crippen LogP contribution in [0.1, 0.15) is 11.9 Å². The normalized spacial score (nSPS) is 13.3. The van der Waals surface area contributed by atoms with Crippen molar-refractivity contribution in [1.29, 1.82) is 0 Å². The van der Waals surface area contributed by atoms with Gasteiger partial charge < -0.3 is 10.2 Å². The fourth-order valence-corrected chi connectivity index (χ4v) is 3.65. The number of anilines is 1. The molecule has 3 rings (SSSR count). The molecule has 0 spiro atoms. The van der Waals surface area contributed by atoms with E-state index in [0.29, 0.717) is 6.54 Å². The van der Waals surface area contributed by atoms with Gasteiger partial charge in [0.2, 0.25) is 0 Å². The van der Waals surface area contributed by atoms with Crippen LogP contribution < -0.4 is 10.2 Å². The molecule has 0 bridgehead atoms. The van der Waals surface area contributed by atoms with Crippen LogP contribution >= 0.6 is 11.3 Å². The first-order chi connectivity index (χ1) is 12.5. The van der Waals surface area contributed by atoms with E-state index in [-0.39, 0.29) is 23.3 Å². The highest BCUT2D eigenvalue weighted by Gasteiger charge is 2.25. The molecule has 8 heteroatoms. The summed E-state index contributed by atoms with van der Waals surface area (Å²) in [4.78, 5) is 28.6. The van der Waals surface area contributed by atoms with E-state index in [2.05, 4.69) is 10.3 Å². The second kappa shape index (κ2) is 7.59. The monoisotopic (exact) mass is 371 g/mol. The van der Waals surface area contributed by atoms with Crippen LogP contribution in [0.4, 0.5) is 11.4 Å². The highest BCUT2D eigenvalue weighted by molar-refractivity contribution is 7.18. The van der Waals surface area contributed by atoms with Crippen molar-refractivity contribution >= 4 is 38.8 Å². The zero-order chi connectivity index (χ0) is 18.7. The minimum atomic E-state index is -0.502. The topological polar surface area (TPSA) is 89.6 Å². The molecule has 0 saturated heterocycles. The molecule has 26 heavy (non-hydrogen) atoms. The number of hydrogen-bond acceptors (Lipinski definition) is 5. The zero-order valence-electron chi connectivity index (χ0n) is 14.4. The molecule has 0 aliphatic heterocycles. The number of thiazole rings is 1. The van der Waals surface area contributed by atoms with Gasteiger partial charge in [0.05, 0.1) is 22.2 Å². The lowest BCUT2D eigenvalue weighted by atomic mass is 10.2. The molecule has 3 aromatic rings. The van der Waals surface area contributed by atoms with Gasteiger partial charge in [-0.2, -0.15) is 0 Å². The number of likely N-dealkylation sites (N-methyl/N-ethyl adjacent to an activating group) is 1. The van der Waals surface area contributed by atoms with Gasteiger partial charge in [-0.3, -0.25) is 14.9 Å². The van der Waals surface area contributed by atoms with Crippen molar-refractivity contribution in [3.05, 3.63) is 63.7 Å². The van der Waals surface area contributed by atoms with E-state index >= 15 is 0 Å². The predicted molar refractivity (Wildman–Crippen MR) is 101 cm³/mol. The van der Waals surface area contributed by atoms with Crippen LogP contribution in [0.2, 0.25) is 0 Å². The maximum absolute atomic E-state index is 12.5. The molecule has 1 unspecified atom stereocenters. The SMILES string of the molecule is C[C@@H](C(=O)Nc1ccccc1[N+](=O)[O-])[NH+](C)Cc1nc2ccccc2s1. The highest BCUT2D eigenvalue weighted by atomic mass is 32.1. The first kappa shape index (κ1) is 18.0. The summed E-state index contributed by atoms with van der Waals surface area (Å²) in [5.74, 6) is -0.266. The van der Waals surface area contributed by atoms with Gasteiger partial charge in [0.1, 0.15) is 17.2 Å². The molecule has 2 N–H and O–H groups in total. The van der Waals surface area contributed by atoms with Crippen molar-refractivity contribution in [2.75, 3.05) is 12.4 Å². The number of nitro groups is 1. The quantitative estimate of drug-likeness (QED) is 0.514. The van der Waals surface area contributed by atoms with Crippen molar-refractivity contribution in [1.82, 2.24) is 4.98 Å². The number of carbonyl (C=O) groups excluding carboxylic acids is 1. The van der Waals surface area contributed by atoms with Crippen LogP contribution in [0.15, 0.2) is 48.5 Å². The van der Waals surface area contributed by atoms with Crippen LogP contribution in [0.3, 0.4) is 0 Å². The summed E-state index contributed by atoms with van der Waals surface area (Å²) in [5, 5.41) is 14.7. The predicted octanol–water partition coefficient (Wildman–Crippen LogP) is 2.25. The number of aromatic nitrogens is 1. The number of nitrogens with one attached hydrogen (secondary N) is 2. The molecule has 0 fully saturated rings. The van der Waals surface area contributed by atoms with Gasteiger partial charge in [0.25, 0.3) is 11.6 Å². The van der Waals surface area contributed by atoms with Crippen molar-refractivity contribution in [3.8, 4) is 0 Å². The Kier molecular flexibility index (Phi) is 5.24. The summed E-state index contributed by atoms with van der Waals surface area (Å²) in [7, 11) is 1.91. The highest BCUT2D eigenvalue weighted by Crippen LogP contribution is 2.23. The molecule has 0 aliphatic carbocycles. The van der Waals surface area contributed by atoms with Crippen LogP contribution in [0.5, 0.6) is 0 Å². The van der Waals surface area contributed by atoms with Gasteiger partial charge in [0, 0.05) is 6.07 Å². The summed E-state index contributed by atoms with van der Waals surface area (Å²) in [6.45, 7) is 2.40. The van der Waals surface area contributed by atoms with E-state index in [0.717, 1.165) is 20.1 Å². The first-order valence-corrected chi connectivity index (χ1v) is 8.98. The van der Waals surface area contributed by atoms with E-state index in [9.17, 15) is 14.9 Å². The van der Waals surface area contributed by atoms with Gasteiger partial charge in [-0.05, 0) is 25.1 Å². The average Bonchev–Trinajstić information content (AvgIpc) is 3.03. The fourth-order valence-electron chi connectivity index (χ4n) is 2.59. The Hall–Kier alpha value is -2.84. The summed E-state index contributed by atoms with van der Waals surface area (Å²) in [6.07, 6.45) is 0. The lowest BCUT2D eigenvalue weighted by Gasteiger charge is -2.20. The molecule has 1 aromatic heterocycles. The maximum Gasteiger partial charge on any atom is 0.292 e. The number of carbonyl (C=O) groups is 1. The summed E-state index contributed by atoms with van der Waals surface area (Å²) in [5.41, 5.74) is 1.05. The van der Waals surface area contributed by atoms with E-state index in [1.165, 1.54) is 12.1 Å². The van der Waals surface area contributed by atoms with Gasteiger partial charge in [-0.15, -0.1) is 11.3 Å². The number of para-hydroxylation sites is 3. The third-order valence-corrected chi connectivity index (χ3v) is 5.30. The minimum absolute atomic E-state index is 0.114. The van der Waals surface area contributed by atoms with Gasteiger partial charge in [0.15, 0.2) is 6.04 Å². The van der Waals surface area contributed by atoms with Crippen molar-refractivity contribution in [2.24, 2.45) is 0 Å². The molecular weight excluding hydrogens is 352 g/mol. The van der Waals surface area contributed by atoms with Crippen LogP contribution in [-0.4, -0.2) is 28.9 Å². The molecule has 0 saturated carbocycles. The molecule has 1 heterocycles. The van der Waals surface area contributed by atoms with Crippen LogP contribution in [0, 0.1) is 10.1 Å². The van der Waals surface area contributed by atoms with Crippen molar-refractivity contribution in [2.45, 2.75) is 19.5 Å². The Morgan fingerprint density at radius 2 is 1.96 bits per heavy atom. The number of nitrogens with zero attached hydrogens (tertiary/aromatic N) is 2. The molecule has 0 radical (unpaired) electrons. The van der Waals surface area contributed by atoms with Crippen molar-refractivity contribution < 1.29 is 14.6 Å². The van der Waals surface area contributed by atoms with E-state index in [1.54, 1.807) is 30.4 Å². The van der Waals surface area contributed by atoms with E-state index in [1.807, 2.05) is 31.3 Å². The number of nitro benzene ring substituents is 1. The van der Waals surface area contributed by atoms with E-state index < -0.39 is 4.92 Å². The Labute approximate surface area is 154 Å². The van der Waals surface area contributed by atoms with Gasteiger partial charge >= 0.3 is 0 Å². The van der Waals surface area contributed by atoms with Gasteiger partial charge in [-0.25, -0.2) is 4.98 Å². The Balaban J connectivity index is 1.69. The minimum Gasteiger partial charge on any atom is -0.322 e. The molecular formula is C18H19N4O3S+. The lowest BCUT2D eigenvalue weighted by molar-refractivity contribution is -0.907. The van der Waals surface area contributed by atoms with Gasteiger partial charge in [-0.1, -0.05) is 24.3 Å². The second-order valence-corrected chi connectivity index (χ2v) is 7.20. The molecule has 0 aliphatic rings. The third kappa shape index (κ3) is 3.87. The summed E-state index contributed by atoms with van der Waals surface area (Å²) < 4.78 is 1.12. The fraction of sp³-hybridized carbons (Fsp3) is 0.222. The number of benzene rings is 2.